The van der Waals surface area contributed by atoms with Gasteiger partial charge in [0.1, 0.15) is 5.69 Å². The Balaban J connectivity index is 2.45. The maximum absolute atomic E-state index is 13.9. The topological polar surface area (TPSA) is 70.2 Å². The highest BCUT2D eigenvalue weighted by molar-refractivity contribution is 5.65. The van der Waals surface area contributed by atoms with Crippen molar-refractivity contribution in [3.63, 3.8) is 0 Å². The van der Waals surface area contributed by atoms with Gasteiger partial charge in [0.05, 0.1) is 28.7 Å². The van der Waals surface area contributed by atoms with Gasteiger partial charge < -0.3 is 4.90 Å². The largest absolute Gasteiger partial charge is 0.340 e. The summed E-state index contributed by atoms with van der Waals surface area (Å²) in [6.07, 6.45) is 0. The lowest BCUT2D eigenvalue weighted by molar-refractivity contribution is -0.385. The molecule has 2 rings (SSSR count). The number of hydrogen-bond donors (Lipinski definition) is 0. The van der Waals surface area contributed by atoms with E-state index in [2.05, 4.69) is 0 Å². The lowest BCUT2D eigenvalue weighted by atomic mass is 10.2. The molecule has 0 fully saturated rings. The molecule has 0 bridgehead atoms. The van der Waals surface area contributed by atoms with Gasteiger partial charge in [0.25, 0.3) is 5.69 Å². The highest BCUT2D eigenvalue weighted by Gasteiger charge is 2.20. The monoisotopic (exact) mass is 289 g/mol. The van der Waals surface area contributed by atoms with Gasteiger partial charge in [-0.3, -0.25) is 10.1 Å². The summed E-state index contributed by atoms with van der Waals surface area (Å²) in [5.74, 6) is -2.07. The third-order valence-corrected chi connectivity index (χ3v) is 2.93. The first-order valence-corrected chi connectivity index (χ1v) is 5.81. The number of nitrogens with zero attached hydrogens (tertiary/aromatic N) is 3. The summed E-state index contributed by atoms with van der Waals surface area (Å²) in [7, 11) is 1.43. The summed E-state index contributed by atoms with van der Waals surface area (Å²) >= 11 is 0. The van der Waals surface area contributed by atoms with Crippen LogP contribution in [0.1, 0.15) is 5.56 Å². The Morgan fingerprint density at radius 1 is 1.19 bits per heavy atom. The molecule has 0 aliphatic carbocycles. The molecule has 0 amide bonds. The van der Waals surface area contributed by atoms with E-state index in [0.717, 1.165) is 0 Å². The summed E-state index contributed by atoms with van der Waals surface area (Å²) in [6, 6.07) is 9.33. The van der Waals surface area contributed by atoms with Crippen LogP contribution in [0, 0.1) is 33.1 Å². The van der Waals surface area contributed by atoms with Crippen LogP contribution < -0.4 is 4.90 Å². The molecule has 0 aromatic heterocycles. The van der Waals surface area contributed by atoms with E-state index in [4.69, 9.17) is 5.26 Å². The Morgan fingerprint density at radius 3 is 2.14 bits per heavy atom. The van der Waals surface area contributed by atoms with Crippen LogP contribution in [0.2, 0.25) is 0 Å². The van der Waals surface area contributed by atoms with Crippen LogP contribution in [0.4, 0.5) is 25.8 Å². The minimum Gasteiger partial charge on any atom is -0.340 e. The number of benzene rings is 2. The summed E-state index contributed by atoms with van der Waals surface area (Å²) in [5.41, 5.74) is -0.190. The van der Waals surface area contributed by atoms with Crippen LogP contribution in [-0.4, -0.2) is 12.0 Å². The Morgan fingerprint density at radius 2 is 1.71 bits per heavy atom. The van der Waals surface area contributed by atoms with Crippen molar-refractivity contribution < 1.29 is 13.7 Å². The van der Waals surface area contributed by atoms with Gasteiger partial charge in [-0.1, -0.05) is 0 Å². The van der Waals surface area contributed by atoms with Gasteiger partial charge >= 0.3 is 0 Å². The second-order valence-corrected chi connectivity index (χ2v) is 4.23. The lowest BCUT2D eigenvalue weighted by Gasteiger charge is -2.20. The zero-order chi connectivity index (χ0) is 15.6. The third kappa shape index (κ3) is 2.79. The van der Waals surface area contributed by atoms with Gasteiger partial charge in [0, 0.05) is 12.7 Å². The van der Waals surface area contributed by atoms with E-state index in [1.807, 2.05) is 6.07 Å². The first-order valence-electron chi connectivity index (χ1n) is 5.81. The summed E-state index contributed by atoms with van der Waals surface area (Å²) in [4.78, 5) is 10.9. The Kier molecular flexibility index (Phi) is 3.80. The lowest BCUT2D eigenvalue weighted by Crippen LogP contribution is -2.13. The van der Waals surface area contributed by atoms with E-state index >= 15 is 0 Å². The molecule has 0 aliphatic heterocycles. The molecule has 7 heteroatoms. The van der Waals surface area contributed by atoms with Crippen molar-refractivity contribution in [3.8, 4) is 6.07 Å². The minimum absolute atomic E-state index is 0.398. The van der Waals surface area contributed by atoms with Crippen molar-refractivity contribution >= 4 is 17.1 Å². The molecular weight excluding hydrogens is 280 g/mol. The molecule has 0 atom stereocenters. The van der Waals surface area contributed by atoms with Crippen LogP contribution in [0.15, 0.2) is 36.4 Å². The SMILES string of the molecule is CN(c1ccc(C#N)cc1)c1c(F)cc([N+](=O)[O-])cc1F. The molecule has 21 heavy (non-hydrogen) atoms. The Labute approximate surface area is 118 Å². The molecule has 0 saturated heterocycles. The van der Waals surface area contributed by atoms with Crippen molar-refractivity contribution in [1.82, 2.24) is 0 Å². The van der Waals surface area contributed by atoms with Gasteiger partial charge in [-0.05, 0) is 24.3 Å². The molecule has 5 nitrogen and oxygen atoms in total. The molecule has 106 valence electrons. The van der Waals surface area contributed by atoms with Gasteiger partial charge in [-0.15, -0.1) is 0 Å². The fourth-order valence-electron chi connectivity index (χ4n) is 1.87. The van der Waals surface area contributed by atoms with Crippen molar-refractivity contribution in [2.75, 3.05) is 11.9 Å². The number of nitro benzene ring substituents is 1. The van der Waals surface area contributed by atoms with Crippen molar-refractivity contribution in [1.29, 1.82) is 5.26 Å². The quantitative estimate of drug-likeness (QED) is 0.640. The molecule has 0 unspecified atom stereocenters. The van der Waals surface area contributed by atoms with E-state index < -0.39 is 27.9 Å². The van der Waals surface area contributed by atoms with Crippen LogP contribution >= 0.6 is 0 Å². The van der Waals surface area contributed by atoms with E-state index in [-0.39, 0.29) is 0 Å². The van der Waals surface area contributed by atoms with E-state index in [1.165, 1.54) is 36.2 Å². The average Bonchev–Trinajstić information content (AvgIpc) is 2.46. The smallest absolute Gasteiger partial charge is 0.275 e. The third-order valence-electron chi connectivity index (χ3n) is 2.93. The first kappa shape index (κ1) is 14.4. The van der Waals surface area contributed by atoms with Crippen LogP contribution in [0.3, 0.4) is 0 Å². The van der Waals surface area contributed by atoms with Crippen LogP contribution in [0.25, 0.3) is 0 Å². The van der Waals surface area contributed by atoms with Crippen LogP contribution in [0.5, 0.6) is 0 Å². The maximum Gasteiger partial charge on any atom is 0.275 e. The minimum atomic E-state index is -1.03. The summed E-state index contributed by atoms with van der Waals surface area (Å²) < 4.78 is 27.8. The van der Waals surface area contributed by atoms with E-state index in [1.54, 1.807) is 0 Å². The molecule has 0 saturated carbocycles. The second kappa shape index (κ2) is 5.54. The Bertz CT molecular complexity index is 716. The van der Waals surface area contributed by atoms with E-state index in [9.17, 15) is 18.9 Å². The van der Waals surface area contributed by atoms with Gasteiger partial charge in [-0.2, -0.15) is 5.26 Å². The fraction of sp³-hybridized carbons (Fsp3) is 0.0714. The number of nitriles is 1. The maximum atomic E-state index is 13.9. The zero-order valence-corrected chi connectivity index (χ0v) is 10.9. The predicted octanol–water partition coefficient (Wildman–Crippen LogP) is 3.51. The summed E-state index contributed by atoms with van der Waals surface area (Å²) in [6.45, 7) is 0. The van der Waals surface area contributed by atoms with Gasteiger partial charge in [0.15, 0.2) is 11.6 Å². The van der Waals surface area contributed by atoms with Crippen molar-refractivity contribution in [2.45, 2.75) is 0 Å². The first-order chi connectivity index (χ1) is 9.93. The molecular formula is C14H9F2N3O2. The van der Waals surface area contributed by atoms with Crippen molar-refractivity contribution in [3.05, 3.63) is 63.7 Å². The standard InChI is InChI=1S/C14H9F2N3O2/c1-18(10-4-2-9(8-17)3-5-10)14-12(15)6-11(19(20)21)7-13(14)16/h2-7H,1H3. The fourth-order valence-corrected chi connectivity index (χ4v) is 1.87. The number of non-ortho nitro benzene ring substituents is 1. The van der Waals surface area contributed by atoms with E-state index in [0.29, 0.717) is 23.4 Å². The van der Waals surface area contributed by atoms with Gasteiger partial charge in [-0.25, -0.2) is 8.78 Å². The molecule has 2 aromatic carbocycles. The van der Waals surface area contributed by atoms with Crippen molar-refractivity contribution in [2.24, 2.45) is 0 Å². The number of hydrogen-bond acceptors (Lipinski definition) is 4. The molecule has 2 aromatic rings. The van der Waals surface area contributed by atoms with Crippen LogP contribution in [-0.2, 0) is 0 Å². The number of anilines is 2. The zero-order valence-electron chi connectivity index (χ0n) is 10.9. The molecule has 0 N–H and O–H groups in total. The summed E-state index contributed by atoms with van der Waals surface area (Å²) in [5, 5.41) is 19.3. The molecule has 0 aliphatic rings. The van der Waals surface area contributed by atoms with Gasteiger partial charge in [0.2, 0.25) is 0 Å². The molecule has 0 spiro atoms. The molecule has 0 radical (unpaired) electrons. The number of nitro groups is 1. The number of rotatable bonds is 3. The second-order valence-electron chi connectivity index (χ2n) is 4.23. The highest BCUT2D eigenvalue weighted by Crippen LogP contribution is 2.31. The normalized spacial score (nSPS) is 10.0. The number of halogens is 2. The average molecular weight is 289 g/mol. The Hall–Kier alpha value is -3.01. The molecule has 0 heterocycles. The highest BCUT2D eigenvalue weighted by atomic mass is 19.1. The predicted molar refractivity (Wildman–Crippen MR) is 72.2 cm³/mol.